The maximum Gasteiger partial charge on any atom is 0.315 e. The van der Waals surface area contributed by atoms with Crippen molar-refractivity contribution in [3.63, 3.8) is 0 Å². The molecule has 1 rings (SSSR count). The lowest BCUT2D eigenvalue weighted by Crippen LogP contribution is -2.45. The number of nitrogens with one attached hydrogen (secondary N) is 2. The maximum atomic E-state index is 11.7. The lowest BCUT2D eigenvalue weighted by atomic mass is 9.86. The number of carbonyl (C=O) groups excluding carboxylic acids is 1. The Bertz CT molecular complexity index is 326. The Labute approximate surface area is 131 Å². The van der Waals surface area contributed by atoms with Crippen LogP contribution in [0.15, 0.2) is 0 Å². The van der Waals surface area contributed by atoms with Crippen LogP contribution in [-0.2, 0) is 4.79 Å². The molecule has 6 heteroatoms. The Morgan fingerprint density at radius 3 is 2.67 bits per heavy atom. The molecule has 0 aliphatic heterocycles. The van der Waals surface area contributed by atoms with Crippen molar-refractivity contribution in [3.05, 3.63) is 0 Å². The number of hydrogen-bond donors (Lipinski definition) is 3. The van der Waals surface area contributed by atoms with Gasteiger partial charge in [-0.05, 0) is 44.1 Å². The van der Waals surface area contributed by atoms with Crippen molar-refractivity contribution in [1.82, 2.24) is 10.6 Å². The number of unbranched alkanes of at least 4 members (excludes halogenated alkanes) is 3. The van der Waals surface area contributed by atoms with Crippen LogP contribution < -0.4 is 10.6 Å². The van der Waals surface area contributed by atoms with Gasteiger partial charge in [-0.2, -0.15) is 11.8 Å². The van der Waals surface area contributed by atoms with Crippen LogP contribution in [-0.4, -0.2) is 41.7 Å². The summed E-state index contributed by atoms with van der Waals surface area (Å²) in [6.45, 7) is 0.695. The summed E-state index contributed by atoms with van der Waals surface area (Å²) in [6.07, 6.45) is 9.76. The standard InChI is InChI=1S/C15H28N2O3S/c1-21-10-5-3-2-4-9-16-15(20)17-13-8-6-7-12(11-13)14(18)19/h12-13H,2-11H2,1H3,(H,18,19)(H2,16,17,20). The Morgan fingerprint density at radius 2 is 1.95 bits per heavy atom. The fourth-order valence-electron chi connectivity index (χ4n) is 2.71. The summed E-state index contributed by atoms with van der Waals surface area (Å²) in [5.41, 5.74) is 0. The lowest BCUT2D eigenvalue weighted by Gasteiger charge is -2.27. The average molecular weight is 316 g/mol. The Kier molecular flexibility index (Phi) is 9.30. The minimum atomic E-state index is -0.743. The van der Waals surface area contributed by atoms with Crippen molar-refractivity contribution in [3.8, 4) is 0 Å². The molecule has 2 amide bonds. The van der Waals surface area contributed by atoms with E-state index in [0.29, 0.717) is 13.0 Å². The van der Waals surface area contributed by atoms with Gasteiger partial charge in [0.2, 0.25) is 0 Å². The monoisotopic (exact) mass is 316 g/mol. The van der Waals surface area contributed by atoms with E-state index in [-0.39, 0.29) is 18.0 Å². The third-order valence-electron chi connectivity index (χ3n) is 3.92. The van der Waals surface area contributed by atoms with Crippen molar-refractivity contribution in [2.24, 2.45) is 5.92 Å². The van der Waals surface area contributed by atoms with Crippen LogP contribution in [0.25, 0.3) is 0 Å². The lowest BCUT2D eigenvalue weighted by molar-refractivity contribution is -0.143. The van der Waals surface area contributed by atoms with E-state index in [0.717, 1.165) is 32.1 Å². The zero-order chi connectivity index (χ0) is 15.5. The molecule has 1 aliphatic rings. The van der Waals surface area contributed by atoms with Gasteiger partial charge in [-0.1, -0.05) is 19.3 Å². The summed E-state index contributed by atoms with van der Waals surface area (Å²) < 4.78 is 0. The summed E-state index contributed by atoms with van der Waals surface area (Å²) in [6, 6.07) is -0.156. The van der Waals surface area contributed by atoms with Gasteiger partial charge in [0.05, 0.1) is 5.92 Å². The Morgan fingerprint density at radius 1 is 1.19 bits per heavy atom. The number of hydrogen-bond acceptors (Lipinski definition) is 3. The molecule has 1 fully saturated rings. The highest BCUT2D eigenvalue weighted by atomic mass is 32.2. The second-order valence-electron chi connectivity index (χ2n) is 5.71. The number of carbonyl (C=O) groups is 2. The van der Waals surface area contributed by atoms with Gasteiger partial charge in [0.15, 0.2) is 0 Å². The number of urea groups is 1. The van der Waals surface area contributed by atoms with Gasteiger partial charge < -0.3 is 15.7 Å². The molecule has 0 aromatic heterocycles. The van der Waals surface area contributed by atoms with Gasteiger partial charge in [-0.25, -0.2) is 4.79 Å². The molecular formula is C15H28N2O3S. The Hall–Kier alpha value is -0.910. The number of rotatable bonds is 9. The SMILES string of the molecule is CSCCCCCCNC(=O)NC1CCCC(C(=O)O)C1. The third kappa shape index (κ3) is 8.19. The third-order valence-corrected chi connectivity index (χ3v) is 4.62. The molecule has 5 nitrogen and oxygen atoms in total. The zero-order valence-corrected chi connectivity index (χ0v) is 13.7. The first kappa shape index (κ1) is 18.1. The van der Waals surface area contributed by atoms with Crippen molar-refractivity contribution >= 4 is 23.8 Å². The second-order valence-corrected chi connectivity index (χ2v) is 6.69. The normalized spacial score (nSPS) is 21.8. The van der Waals surface area contributed by atoms with Crippen LogP contribution in [0.3, 0.4) is 0 Å². The van der Waals surface area contributed by atoms with Crippen molar-refractivity contribution in [2.45, 2.75) is 57.4 Å². The highest BCUT2D eigenvalue weighted by molar-refractivity contribution is 7.98. The van der Waals surface area contributed by atoms with E-state index < -0.39 is 5.97 Å². The smallest absolute Gasteiger partial charge is 0.315 e. The highest BCUT2D eigenvalue weighted by Gasteiger charge is 2.27. The van der Waals surface area contributed by atoms with Crippen LogP contribution in [0.4, 0.5) is 4.79 Å². The number of thioether (sulfide) groups is 1. The molecule has 3 N–H and O–H groups in total. The molecule has 0 bridgehead atoms. The molecular weight excluding hydrogens is 288 g/mol. The molecule has 1 aliphatic carbocycles. The molecule has 0 aromatic rings. The number of aliphatic carboxylic acids is 1. The van der Waals surface area contributed by atoms with Crippen LogP contribution >= 0.6 is 11.8 Å². The second kappa shape index (κ2) is 10.8. The summed E-state index contributed by atoms with van der Waals surface area (Å²) in [4.78, 5) is 22.7. The minimum absolute atomic E-state index is 0.00132. The quantitative estimate of drug-likeness (QED) is 0.572. The van der Waals surface area contributed by atoms with Crippen molar-refractivity contribution in [2.75, 3.05) is 18.6 Å². The first-order valence-electron chi connectivity index (χ1n) is 7.89. The summed E-state index contributed by atoms with van der Waals surface area (Å²) in [5, 5.41) is 14.8. The highest BCUT2D eigenvalue weighted by Crippen LogP contribution is 2.24. The van der Waals surface area contributed by atoms with Gasteiger partial charge in [-0.3, -0.25) is 4.79 Å². The van der Waals surface area contributed by atoms with Crippen LogP contribution in [0.1, 0.15) is 51.4 Å². The summed E-state index contributed by atoms with van der Waals surface area (Å²) in [7, 11) is 0. The molecule has 0 heterocycles. The molecule has 0 saturated heterocycles. The van der Waals surface area contributed by atoms with E-state index in [1.165, 1.54) is 18.6 Å². The van der Waals surface area contributed by atoms with Gasteiger partial charge >= 0.3 is 12.0 Å². The van der Waals surface area contributed by atoms with E-state index in [9.17, 15) is 9.59 Å². The minimum Gasteiger partial charge on any atom is -0.481 e. The predicted octanol–water partition coefficient (Wildman–Crippen LogP) is 2.85. The molecule has 0 radical (unpaired) electrons. The van der Waals surface area contributed by atoms with Crippen LogP contribution in [0.2, 0.25) is 0 Å². The zero-order valence-electron chi connectivity index (χ0n) is 12.9. The van der Waals surface area contributed by atoms with E-state index in [4.69, 9.17) is 5.11 Å². The predicted molar refractivity (Wildman–Crippen MR) is 86.8 cm³/mol. The maximum absolute atomic E-state index is 11.7. The number of carboxylic acid groups (broad SMARTS) is 1. The molecule has 1 saturated carbocycles. The van der Waals surface area contributed by atoms with Gasteiger partial charge in [0, 0.05) is 12.6 Å². The van der Waals surface area contributed by atoms with E-state index in [2.05, 4.69) is 16.9 Å². The molecule has 0 aromatic carbocycles. The number of amides is 2. The molecule has 21 heavy (non-hydrogen) atoms. The molecule has 0 spiro atoms. The Balaban J connectivity index is 2.06. The van der Waals surface area contributed by atoms with E-state index in [1.54, 1.807) is 0 Å². The van der Waals surface area contributed by atoms with Crippen molar-refractivity contribution in [1.29, 1.82) is 0 Å². The number of carboxylic acids is 1. The topological polar surface area (TPSA) is 78.4 Å². The fourth-order valence-corrected chi connectivity index (χ4v) is 3.20. The molecule has 2 unspecified atom stereocenters. The summed E-state index contributed by atoms with van der Waals surface area (Å²) >= 11 is 1.87. The first-order chi connectivity index (χ1) is 10.1. The van der Waals surface area contributed by atoms with Gasteiger partial charge in [0.25, 0.3) is 0 Å². The summed E-state index contributed by atoms with van der Waals surface area (Å²) in [5.74, 6) is 0.160. The van der Waals surface area contributed by atoms with Gasteiger partial charge in [0.1, 0.15) is 0 Å². The first-order valence-corrected chi connectivity index (χ1v) is 9.29. The molecule has 122 valence electrons. The largest absolute Gasteiger partial charge is 0.481 e. The van der Waals surface area contributed by atoms with E-state index >= 15 is 0 Å². The van der Waals surface area contributed by atoms with Crippen LogP contribution in [0, 0.1) is 5.92 Å². The van der Waals surface area contributed by atoms with Gasteiger partial charge in [-0.15, -0.1) is 0 Å². The fraction of sp³-hybridized carbons (Fsp3) is 0.867. The van der Waals surface area contributed by atoms with Crippen molar-refractivity contribution < 1.29 is 14.7 Å². The molecule has 2 atom stereocenters. The average Bonchev–Trinajstić information content (AvgIpc) is 2.46. The van der Waals surface area contributed by atoms with Crippen LogP contribution in [0.5, 0.6) is 0 Å². The van der Waals surface area contributed by atoms with E-state index in [1.807, 2.05) is 11.8 Å².